The average molecular weight is 263 g/mol. The quantitative estimate of drug-likeness (QED) is 0.585. The Morgan fingerprint density at radius 1 is 1.58 bits per heavy atom. The van der Waals surface area contributed by atoms with Gasteiger partial charge in [0.1, 0.15) is 0 Å². The van der Waals surface area contributed by atoms with Crippen molar-refractivity contribution in [1.82, 2.24) is 0 Å². The third-order valence-corrected chi connectivity index (χ3v) is 2.65. The maximum Gasteiger partial charge on any atom is 0.0743 e. The van der Waals surface area contributed by atoms with Gasteiger partial charge in [-0.15, -0.1) is 0 Å². The van der Waals surface area contributed by atoms with E-state index in [1.165, 1.54) is 0 Å². The van der Waals surface area contributed by atoms with Crippen LogP contribution < -0.4 is 0 Å². The second kappa shape index (κ2) is 4.73. The van der Waals surface area contributed by atoms with Gasteiger partial charge in [0.05, 0.1) is 16.7 Å². The number of aliphatic imine (C=N–C) groups is 1. The predicted octanol–water partition coefficient (Wildman–Crippen LogP) is 3.71. The summed E-state index contributed by atoms with van der Waals surface area (Å²) in [7, 11) is 0. The fourth-order valence-corrected chi connectivity index (χ4v) is 1.37. The molecule has 4 heteroatoms. The zero-order valence-corrected chi connectivity index (χ0v) is 9.21. The number of hydrogen-bond acceptors (Lipinski definition) is 2. The van der Waals surface area contributed by atoms with E-state index in [2.05, 4.69) is 38.3 Å². The van der Waals surface area contributed by atoms with Gasteiger partial charge in [-0.3, -0.25) is 0 Å². The Balaban J connectivity index is 2.89. The Hall–Kier alpha value is -0.210. The number of isothiocyanates is 1. The highest BCUT2D eigenvalue weighted by atomic mass is 79.9. The highest BCUT2D eigenvalue weighted by molar-refractivity contribution is 9.10. The summed E-state index contributed by atoms with van der Waals surface area (Å²) in [5.74, 6) is 0. The van der Waals surface area contributed by atoms with Crippen LogP contribution in [0.5, 0.6) is 0 Å². The molecule has 0 heterocycles. The molecule has 1 nitrogen and oxygen atoms in total. The van der Waals surface area contributed by atoms with Crippen LogP contribution >= 0.6 is 39.7 Å². The van der Waals surface area contributed by atoms with Crippen molar-refractivity contribution in [2.24, 2.45) is 4.99 Å². The maximum absolute atomic E-state index is 5.80. The summed E-state index contributed by atoms with van der Waals surface area (Å²) < 4.78 is 0.876. The van der Waals surface area contributed by atoms with Gasteiger partial charge in [-0.25, -0.2) is 4.99 Å². The number of thiocarbonyl (C=S) groups is 1. The Morgan fingerprint density at radius 2 is 2.33 bits per heavy atom. The standard InChI is InChI=1S/C8H5BrClNS/c9-7-3-6(4-11-5-12)1-2-8(7)10/h1-3H,4H2. The topological polar surface area (TPSA) is 12.4 Å². The maximum atomic E-state index is 5.80. The van der Waals surface area contributed by atoms with E-state index in [4.69, 9.17) is 11.6 Å². The second-order valence-corrected chi connectivity index (χ2v) is 3.60. The number of halogens is 2. The Morgan fingerprint density at radius 3 is 2.92 bits per heavy atom. The lowest BCUT2D eigenvalue weighted by Crippen LogP contribution is -1.80. The van der Waals surface area contributed by atoms with Gasteiger partial charge >= 0.3 is 0 Å². The van der Waals surface area contributed by atoms with E-state index in [0.717, 1.165) is 10.0 Å². The van der Waals surface area contributed by atoms with Gasteiger partial charge in [0.25, 0.3) is 0 Å². The number of benzene rings is 1. The summed E-state index contributed by atoms with van der Waals surface area (Å²) in [6.45, 7) is 0.555. The van der Waals surface area contributed by atoms with E-state index >= 15 is 0 Å². The van der Waals surface area contributed by atoms with Crippen LogP contribution in [0.15, 0.2) is 27.7 Å². The highest BCUT2D eigenvalue weighted by Crippen LogP contribution is 2.23. The molecular weight excluding hydrogens is 258 g/mol. The zero-order chi connectivity index (χ0) is 8.97. The molecule has 0 atom stereocenters. The lowest BCUT2D eigenvalue weighted by atomic mass is 10.2. The molecule has 0 aromatic heterocycles. The van der Waals surface area contributed by atoms with Crippen molar-refractivity contribution in [3.8, 4) is 0 Å². The molecule has 0 bridgehead atoms. The molecule has 0 spiro atoms. The summed E-state index contributed by atoms with van der Waals surface area (Å²) in [4.78, 5) is 3.81. The molecule has 0 amide bonds. The van der Waals surface area contributed by atoms with Crippen molar-refractivity contribution in [3.05, 3.63) is 33.3 Å². The SMILES string of the molecule is S=C=NCc1ccc(Cl)c(Br)c1. The third kappa shape index (κ3) is 2.68. The van der Waals surface area contributed by atoms with Crippen LogP contribution in [0.3, 0.4) is 0 Å². The van der Waals surface area contributed by atoms with Gasteiger partial charge in [0.15, 0.2) is 0 Å². The lowest BCUT2D eigenvalue weighted by Gasteiger charge is -1.98. The molecule has 0 radical (unpaired) electrons. The monoisotopic (exact) mass is 261 g/mol. The van der Waals surface area contributed by atoms with Crippen LogP contribution in [0.4, 0.5) is 0 Å². The first-order chi connectivity index (χ1) is 5.74. The molecule has 0 saturated heterocycles. The van der Waals surface area contributed by atoms with Gasteiger partial charge in [-0.2, -0.15) is 0 Å². The van der Waals surface area contributed by atoms with Gasteiger partial charge in [0, 0.05) is 4.47 Å². The van der Waals surface area contributed by atoms with E-state index in [1.807, 2.05) is 18.2 Å². The number of hydrogen-bond donors (Lipinski definition) is 0. The van der Waals surface area contributed by atoms with Crippen LogP contribution in [0, 0.1) is 0 Å². The summed E-state index contributed by atoms with van der Waals surface area (Å²) in [5.41, 5.74) is 1.06. The molecule has 12 heavy (non-hydrogen) atoms. The van der Waals surface area contributed by atoms with Gasteiger partial charge in [0.2, 0.25) is 0 Å². The van der Waals surface area contributed by atoms with Crippen molar-refractivity contribution in [2.75, 3.05) is 0 Å². The first kappa shape index (κ1) is 9.87. The molecule has 0 aliphatic carbocycles. The number of rotatable bonds is 2. The Labute approximate surface area is 89.6 Å². The minimum absolute atomic E-state index is 0.555. The molecule has 0 unspecified atom stereocenters. The van der Waals surface area contributed by atoms with Gasteiger partial charge in [-0.05, 0) is 45.8 Å². The van der Waals surface area contributed by atoms with Crippen molar-refractivity contribution in [3.63, 3.8) is 0 Å². The van der Waals surface area contributed by atoms with Gasteiger partial charge < -0.3 is 0 Å². The summed E-state index contributed by atoms with van der Waals surface area (Å²) >= 11 is 13.6. The molecule has 0 fully saturated rings. The second-order valence-electron chi connectivity index (χ2n) is 2.16. The Kier molecular flexibility index (Phi) is 3.89. The van der Waals surface area contributed by atoms with Gasteiger partial charge in [-0.1, -0.05) is 17.7 Å². The Bertz CT molecular complexity index is 334. The van der Waals surface area contributed by atoms with Crippen LogP contribution in [0.1, 0.15) is 5.56 Å². The van der Waals surface area contributed by atoms with Crippen LogP contribution in [-0.4, -0.2) is 5.16 Å². The molecule has 0 aliphatic heterocycles. The van der Waals surface area contributed by atoms with E-state index in [0.29, 0.717) is 11.6 Å². The summed E-state index contributed by atoms with van der Waals surface area (Å²) in [6, 6.07) is 5.64. The zero-order valence-electron chi connectivity index (χ0n) is 6.05. The predicted molar refractivity (Wildman–Crippen MR) is 57.9 cm³/mol. The average Bonchev–Trinajstić information content (AvgIpc) is 2.07. The molecule has 0 saturated carbocycles. The fourth-order valence-electron chi connectivity index (χ4n) is 0.762. The number of nitrogens with zero attached hydrogens (tertiary/aromatic N) is 1. The van der Waals surface area contributed by atoms with Crippen molar-refractivity contribution < 1.29 is 0 Å². The van der Waals surface area contributed by atoms with E-state index in [-0.39, 0.29) is 0 Å². The largest absolute Gasteiger partial charge is 0.228 e. The molecule has 0 aliphatic rings. The highest BCUT2D eigenvalue weighted by Gasteiger charge is 1.97. The van der Waals surface area contributed by atoms with Crippen LogP contribution in [0.2, 0.25) is 5.02 Å². The van der Waals surface area contributed by atoms with Crippen molar-refractivity contribution >= 4 is 44.9 Å². The van der Waals surface area contributed by atoms with E-state index < -0.39 is 0 Å². The smallest absolute Gasteiger partial charge is 0.0743 e. The minimum Gasteiger partial charge on any atom is -0.228 e. The third-order valence-electron chi connectivity index (χ3n) is 1.31. The minimum atomic E-state index is 0.555. The summed E-state index contributed by atoms with van der Waals surface area (Å²) in [5, 5.41) is 3.01. The lowest BCUT2D eigenvalue weighted by molar-refractivity contribution is 1.08. The van der Waals surface area contributed by atoms with Crippen molar-refractivity contribution in [2.45, 2.75) is 6.54 Å². The molecule has 62 valence electrons. The molecule has 1 aromatic carbocycles. The normalized spacial score (nSPS) is 9.17. The molecule has 1 aromatic rings. The van der Waals surface area contributed by atoms with Crippen LogP contribution in [-0.2, 0) is 6.54 Å². The van der Waals surface area contributed by atoms with Crippen LogP contribution in [0.25, 0.3) is 0 Å². The fraction of sp³-hybridized carbons (Fsp3) is 0.125. The summed E-state index contributed by atoms with van der Waals surface area (Å²) in [6.07, 6.45) is 0. The van der Waals surface area contributed by atoms with E-state index in [1.54, 1.807) is 0 Å². The van der Waals surface area contributed by atoms with E-state index in [9.17, 15) is 0 Å². The molecular formula is C8H5BrClNS. The first-order valence-electron chi connectivity index (χ1n) is 3.21. The molecule has 1 rings (SSSR count). The van der Waals surface area contributed by atoms with Crippen molar-refractivity contribution in [1.29, 1.82) is 0 Å². The molecule has 0 N–H and O–H groups in total. The first-order valence-corrected chi connectivity index (χ1v) is 4.79.